The van der Waals surface area contributed by atoms with Gasteiger partial charge in [0.1, 0.15) is 11.1 Å². The zero-order valence-electron chi connectivity index (χ0n) is 15.1. The zero-order chi connectivity index (χ0) is 20.6. The average molecular weight is 506 g/mol. The summed E-state index contributed by atoms with van der Waals surface area (Å²) in [4.78, 5) is 26.2. The van der Waals surface area contributed by atoms with Crippen molar-refractivity contribution in [2.45, 2.75) is 26.3 Å². The van der Waals surface area contributed by atoms with Gasteiger partial charge >= 0.3 is 11.8 Å². The Labute approximate surface area is 195 Å². The van der Waals surface area contributed by atoms with Gasteiger partial charge < -0.3 is 0 Å². The maximum atomic E-state index is 13.3. The van der Waals surface area contributed by atoms with Crippen molar-refractivity contribution in [1.82, 2.24) is 4.53 Å². The van der Waals surface area contributed by atoms with Gasteiger partial charge in [0.05, 0.1) is 26.8 Å². The molecule has 0 aliphatic carbocycles. The molecule has 28 heavy (non-hydrogen) atoms. The normalized spacial score (nSPS) is 13.3. The summed E-state index contributed by atoms with van der Waals surface area (Å²) in [6.07, 6.45) is 0. The summed E-state index contributed by atoms with van der Waals surface area (Å²) in [5.74, 6) is -1.38. The number of carbonyl (C=O) groups is 2. The van der Waals surface area contributed by atoms with Gasteiger partial charge in [0.2, 0.25) is 11.8 Å². The van der Waals surface area contributed by atoms with E-state index in [1.807, 2.05) is 0 Å². The Hall–Kier alpha value is -0.720. The molecule has 0 saturated carbocycles. The molecule has 0 saturated heterocycles. The number of halogens is 6. The van der Waals surface area contributed by atoms with Crippen LogP contribution in [0.1, 0.15) is 41.5 Å². The monoisotopic (exact) mass is 503 g/mol. The Morgan fingerprint density at radius 2 is 1.50 bits per heavy atom. The van der Waals surface area contributed by atoms with Gasteiger partial charge in [-0.25, -0.2) is 4.79 Å². The van der Waals surface area contributed by atoms with Crippen LogP contribution in [0.5, 0.6) is 0 Å². The summed E-state index contributed by atoms with van der Waals surface area (Å²) >= 11 is 31.0. The molecule has 152 valence electrons. The van der Waals surface area contributed by atoms with Crippen LogP contribution in [-0.4, -0.2) is 26.0 Å². The van der Waals surface area contributed by atoms with Crippen LogP contribution in [0.15, 0.2) is 42.5 Å². The second-order valence-electron chi connectivity index (χ2n) is 6.71. The number of nitrogens with zero attached hydrogens (tertiary/aromatic N) is 2. The predicted octanol–water partition coefficient (Wildman–Crippen LogP) is 7.19. The number of rotatable bonds is 2. The lowest BCUT2D eigenvalue weighted by Gasteiger charge is -2.40. The number of quaternary nitrogens is 1. The van der Waals surface area contributed by atoms with Crippen LogP contribution in [0.4, 0.5) is 0 Å². The minimum atomic E-state index is -1.07. The van der Waals surface area contributed by atoms with E-state index < -0.39 is 21.5 Å². The van der Waals surface area contributed by atoms with Gasteiger partial charge in [-0.05, 0) is 55.2 Å². The van der Waals surface area contributed by atoms with E-state index in [1.54, 1.807) is 39.0 Å². The van der Waals surface area contributed by atoms with E-state index in [0.29, 0.717) is 4.53 Å². The topological polar surface area (TPSA) is 37.4 Å². The molecule has 0 bridgehead atoms. The Kier molecular flexibility index (Phi) is 8.49. The molecule has 0 heterocycles. The zero-order valence-corrected chi connectivity index (χ0v) is 19.6. The third kappa shape index (κ3) is 4.71. The van der Waals surface area contributed by atoms with Crippen molar-refractivity contribution in [2.24, 2.45) is 0 Å². The third-order valence-corrected chi connectivity index (χ3v) is 6.18. The van der Waals surface area contributed by atoms with Crippen LogP contribution < -0.4 is 0 Å². The summed E-state index contributed by atoms with van der Waals surface area (Å²) in [6.45, 7) is 5.02. The highest BCUT2D eigenvalue weighted by Crippen LogP contribution is 2.38. The fraction of sp³-hybridized carbons (Fsp3) is 0.222. The van der Waals surface area contributed by atoms with Crippen molar-refractivity contribution in [3.8, 4) is 0 Å². The summed E-state index contributed by atoms with van der Waals surface area (Å²) in [5, 5.41) is 0.652. The molecule has 0 fully saturated rings. The Morgan fingerprint density at radius 1 is 0.929 bits per heavy atom. The molecule has 1 unspecified atom stereocenters. The molecule has 2 aromatic rings. The molecule has 4 nitrogen and oxygen atoms in total. The van der Waals surface area contributed by atoms with Crippen LogP contribution in [-0.2, 0) is 0 Å². The highest BCUT2D eigenvalue weighted by Gasteiger charge is 2.56. The summed E-state index contributed by atoms with van der Waals surface area (Å²) in [5.41, 5.74) is -0.735. The predicted molar refractivity (Wildman–Crippen MR) is 117 cm³/mol. The molecule has 2 aromatic carbocycles. The van der Waals surface area contributed by atoms with Gasteiger partial charge in [-0.15, -0.1) is 12.4 Å². The summed E-state index contributed by atoms with van der Waals surface area (Å²) in [7, 11) is 0. The van der Waals surface area contributed by atoms with E-state index in [-0.39, 0.29) is 38.6 Å². The van der Waals surface area contributed by atoms with E-state index >= 15 is 0 Å². The molecule has 0 aliphatic heterocycles. The van der Waals surface area contributed by atoms with Gasteiger partial charge in [0.15, 0.2) is 0 Å². The molecule has 2 amide bonds. The maximum Gasteiger partial charge on any atom is 0.391 e. The minimum absolute atomic E-state index is 0. The minimum Gasteiger partial charge on any atom is -0.262 e. The number of benzene rings is 2. The SMILES string of the molecule is CC(C)(C)[N+](Cl)(C(=O)c1ccccc1Cl)N(Cl)C(=O)c1ccc(Cl)c(Cl)c1.Cl. The first-order valence-electron chi connectivity index (χ1n) is 7.75. The Balaban J connectivity index is 0.00000392. The Morgan fingerprint density at radius 3 is 2.00 bits per heavy atom. The number of carbonyl (C=O) groups excluding carboxylic acids is 2. The van der Waals surface area contributed by atoms with Crippen molar-refractivity contribution in [2.75, 3.05) is 0 Å². The second kappa shape index (κ2) is 9.40. The first-order valence-corrected chi connectivity index (χ1v) is 9.56. The van der Waals surface area contributed by atoms with Crippen molar-refractivity contribution >= 4 is 82.6 Å². The van der Waals surface area contributed by atoms with Gasteiger partial charge in [-0.2, -0.15) is 0 Å². The number of hydrogen-bond donors (Lipinski definition) is 0. The summed E-state index contributed by atoms with van der Waals surface area (Å²) in [6, 6.07) is 10.6. The quantitative estimate of drug-likeness (QED) is 0.320. The lowest BCUT2D eigenvalue weighted by atomic mass is 10.1. The van der Waals surface area contributed by atoms with Crippen molar-refractivity contribution in [1.29, 1.82) is 0 Å². The second-order valence-corrected chi connectivity index (χ2v) is 8.74. The third-order valence-electron chi connectivity index (χ3n) is 3.84. The molecule has 1 atom stereocenters. The fourth-order valence-electron chi connectivity index (χ4n) is 2.30. The number of hydrogen-bond acceptors (Lipinski definition) is 2. The highest BCUT2D eigenvalue weighted by molar-refractivity contribution is 6.42. The molecule has 0 aliphatic rings. The van der Waals surface area contributed by atoms with E-state index in [9.17, 15) is 9.59 Å². The van der Waals surface area contributed by atoms with Crippen LogP contribution in [0, 0.1) is 0 Å². The summed E-state index contributed by atoms with van der Waals surface area (Å²) < 4.78 is -0.440. The fourth-order valence-corrected chi connectivity index (χ4v) is 3.37. The first-order chi connectivity index (χ1) is 12.4. The number of amides is 2. The van der Waals surface area contributed by atoms with Crippen LogP contribution in [0.2, 0.25) is 15.1 Å². The highest BCUT2D eigenvalue weighted by atomic mass is 35.5. The van der Waals surface area contributed by atoms with Crippen LogP contribution >= 0.6 is 70.8 Å². The molecule has 2 rings (SSSR count). The van der Waals surface area contributed by atoms with Gasteiger partial charge in [-0.3, -0.25) is 4.79 Å². The molecular formula is C18H17Cl6N2O2+. The van der Waals surface area contributed by atoms with Crippen molar-refractivity contribution in [3.63, 3.8) is 0 Å². The van der Waals surface area contributed by atoms with Gasteiger partial charge in [0.25, 0.3) is 0 Å². The van der Waals surface area contributed by atoms with Crippen LogP contribution in [0.3, 0.4) is 0 Å². The standard InChI is InChI=1S/C18H16Cl5N2O2.ClH/c1-18(2,3)25(23,17(27)12-6-4-5-7-13(12)19)24(22)16(26)11-8-9-14(20)15(21)10-11;/h4-10H,1-3H3;1H/q+1;. The lowest BCUT2D eigenvalue weighted by Crippen LogP contribution is -2.64. The largest absolute Gasteiger partial charge is 0.391 e. The van der Waals surface area contributed by atoms with E-state index in [4.69, 9.17) is 58.4 Å². The van der Waals surface area contributed by atoms with Crippen LogP contribution in [0.25, 0.3) is 0 Å². The maximum absolute atomic E-state index is 13.3. The molecular weight excluding hydrogens is 489 g/mol. The van der Waals surface area contributed by atoms with Crippen molar-refractivity contribution < 1.29 is 13.7 Å². The average Bonchev–Trinajstić information content (AvgIpc) is 2.61. The van der Waals surface area contributed by atoms with E-state index in [1.165, 1.54) is 24.3 Å². The molecule has 0 spiro atoms. The Bertz CT molecular complexity index is 900. The van der Waals surface area contributed by atoms with Crippen molar-refractivity contribution in [3.05, 3.63) is 68.7 Å². The lowest BCUT2D eigenvalue weighted by molar-refractivity contribution is -0.871. The smallest absolute Gasteiger partial charge is 0.262 e. The van der Waals surface area contributed by atoms with Gasteiger partial charge in [-0.1, -0.05) is 51.5 Å². The van der Waals surface area contributed by atoms with E-state index in [0.717, 1.165) is 0 Å². The molecule has 0 aromatic heterocycles. The molecule has 10 heteroatoms. The molecule has 0 N–H and O–H groups in total. The van der Waals surface area contributed by atoms with Gasteiger partial charge in [0, 0.05) is 5.56 Å². The first kappa shape index (κ1) is 25.3. The molecule has 0 radical (unpaired) electrons. The van der Waals surface area contributed by atoms with E-state index in [2.05, 4.69) is 0 Å².